The summed E-state index contributed by atoms with van der Waals surface area (Å²) in [6.07, 6.45) is 0. The highest BCUT2D eigenvalue weighted by atomic mass is 16.5. The van der Waals surface area contributed by atoms with Crippen molar-refractivity contribution < 1.29 is 14.6 Å². The largest absolute Gasteiger partial charge is 0.508 e. The summed E-state index contributed by atoms with van der Waals surface area (Å²) in [6, 6.07) is 30.7. The van der Waals surface area contributed by atoms with Crippen molar-refractivity contribution in [2.24, 2.45) is 0 Å². The molecular formula is C30H28O3. The predicted molar refractivity (Wildman–Crippen MR) is 131 cm³/mol. The lowest BCUT2D eigenvalue weighted by Crippen LogP contribution is -2.25. The van der Waals surface area contributed by atoms with Gasteiger partial charge in [0.15, 0.2) is 0 Å². The third kappa shape index (κ3) is 4.58. The molecule has 166 valence electrons. The Morgan fingerprint density at radius 3 is 2.36 bits per heavy atom. The molecule has 4 aromatic carbocycles. The lowest BCUT2D eigenvalue weighted by Gasteiger charge is -2.35. The van der Waals surface area contributed by atoms with Crippen molar-refractivity contribution in [3.63, 3.8) is 0 Å². The van der Waals surface area contributed by atoms with Crippen molar-refractivity contribution in [2.75, 3.05) is 6.61 Å². The number of phenols is 1. The standard InChI is InChI=1S/C30H28O3/c1-20-6-8-22(9-7-20)18-32-26-14-15-27-29(17-26)33-19-28(24-5-3-4-21(2)16-24)30(27)23-10-12-25(31)13-11-23/h3-17,28,30-31H,18-19H2,1-2H3. The van der Waals surface area contributed by atoms with E-state index in [1.54, 1.807) is 12.1 Å². The van der Waals surface area contributed by atoms with E-state index in [1.807, 2.05) is 24.3 Å². The third-order valence-corrected chi connectivity index (χ3v) is 6.39. The van der Waals surface area contributed by atoms with Gasteiger partial charge >= 0.3 is 0 Å². The van der Waals surface area contributed by atoms with Crippen molar-refractivity contribution in [2.45, 2.75) is 32.3 Å². The molecule has 0 saturated heterocycles. The van der Waals surface area contributed by atoms with Crippen LogP contribution in [0.15, 0.2) is 91.0 Å². The average Bonchev–Trinajstić information content (AvgIpc) is 2.83. The molecule has 1 heterocycles. The van der Waals surface area contributed by atoms with Gasteiger partial charge in [0.25, 0.3) is 0 Å². The second-order valence-corrected chi connectivity index (χ2v) is 8.87. The lowest BCUT2D eigenvalue weighted by molar-refractivity contribution is 0.245. The summed E-state index contributed by atoms with van der Waals surface area (Å²) in [6.45, 7) is 5.31. The average molecular weight is 437 g/mol. The Hall–Kier alpha value is -3.72. The summed E-state index contributed by atoms with van der Waals surface area (Å²) >= 11 is 0. The first-order valence-corrected chi connectivity index (χ1v) is 11.4. The molecular weight excluding hydrogens is 408 g/mol. The number of aryl methyl sites for hydroxylation is 2. The molecule has 4 aromatic rings. The van der Waals surface area contributed by atoms with Crippen LogP contribution in [-0.2, 0) is 6.61 Å². The van der Waals surface area contributed by atoms with Crippen LogP contribution in [-0.4, -0.2) is 11.7 Å². The summed E-state index contributed by atoms with van der Waals surface area (Å²) in [7, 11) is 0. The molecule has 0 aromatic heterocycles. The quantitative estimate of drug-likeness (QED) is 0.370. The topological polar surface area (TPSA) is 38.7 Å². The molecule has 1 aliphatic rings. The van der Waals surface area contributed by atoms with Crippen molar-refractivity contribution in [1.82, 2.24) is 0 Å². The Kier molecular flexibility index (Phi) is 5.78. The molecule has 0 radical (unpaired) electrons. The molecule has 0 saturated carbocycles. The molecule has 33 heavy (non-hydrogen) atoms. The van der Waals surface area contributed by atoms with Crippen LogP contribution < -0.4 is 9.47 Å². The Bertz CT molecular complexity index is 1240. The van der Waals surface area contributed by atoms with Crippen LogP contribution in [0.5, 0.6) is 17.2 Å². The fourth-order valence-electron chi connectivity index (χ4n) is 4.61. The van der Waals surface area contributed by atoms with E-state index in [4.69, 9.17) is 9.47 Å². The summed E-state index contributed by atoms with van der Waals surface area (Å²) in [4.78, 5) is 0. The van der Waals surface area contributed by atoms with E-state index in [2.05, 4.69) is 68.4 Å². The van der Waals surface area contributed by atoms with Crippen molar-refractivity contribution in [3.05, 3.63) is 124 Å². The molecule has 0 bridgehead atoms. The molecule has 2 atom stereocenters. The van der Waals surface area contributed by atoms with E-state index in [9.17, 15) is 5.11 Å². The molecule has 0 amide bonds. The Morgan fingerprint density at radius 2 is 1.61 bits per heavy atom. The molecule has 3 nitrogen and oxygen atoms in total. The predicted octanol–water partition coefficient (Wildman–Crippen LogP) is 6.90. The maximum atomic E-state index is 9.83. The maximum Gasteiger partial charge on any atom is 0.126 e. The van der Waals surface area contributed by atoms with Gasteiger partial charge in [-0.2, -0.15) is 0 Å². The number of ether oxygens (including phenoxy) is 2. The van der Waals surface area contributed by atoms with Crippen molar-refractivity contribution >= 4 is 0 Å². The van der Waals surface area contributed by atoms with Gasteiger partial charge in [0.05, 0.1) is 6.61 Å². The van der Waals surface area contributed by atoms with E-state index < -0.39 is 0 Å². The van der Waals surface area contributed by atoms with E-state index in [0.29, 0.717) is 13.2 Å². The number of hydrogen-bond acceptors (Lipinski definition) is 3. The first-order valence-electron chi connectivity index (χ1n) is 11.4. The van der Waals surface area contributed by atoms with Gasteiger partial charge in [-0.05, 0) is 48.7 Å². The van der Waals surface area contributed by atoms with Crippen LogP contribution in [0.2, 0.25) is 0 Å². The van der Waals surface area contributed by atoms with E-state index in [0.717, 1.165) is 28.2 Å². The fraction of sp³-hybridized carbons (Fsp3) is 0.200. The zero-order valence-corrected chi connectivity index (χ0v) is 19.0. The molecule has 0 aliphatic carbocycles. The Labute approximate surface area is 195 Å². The summed E-state index contributed by atoms with van der Waals surface area (Å²) < 4.78 is 12.4. The highest BCUT2D eigenvalue weighted by molar-refractivity contribution is 5.51. The van der Waals surface area contributed by atoms with Crippen LogP contribution in [0, 0.1) is 13.8 Å². The smallest absolute Gasteiger partial charge is 0.126 e. The maximum absolute atomic E-state index is 9.83. The van der Waals surface area contributed by atoms with Gasteiger partial charge in [0, 0.05) is 23.5 Å². The zero-order chi connectivity index (χ0) is 22.8. The minimum absolute atomic E-state index is 0.127. The molecule has 1 aliphatic heterocycles. The fourth-order valence-corrected chi connectivity index (χ4v) is 4.61. The lowest BCUT2D eigenvalue weighted by atomic mass is 9.75. The van der Waals surface area contributed by atoms with Crippen LogP contribution in [0.4, 0.5) is 0 Å². The Morgan fingerprint density at radius 1 is 0.818 bits per heavy atom. The second-order valence-electron chi connectivity index (χ2n) is 8.87. The Balaban J connectivity index is 1.47. The molecule has 0 spiro atoms. The number of benzene rings is 4. The highest BCUT2D eigenvalue weighted by Gasteiger charge is 2.33. The second kappa shape index (κ2) is 9.03. The van der Waals surface area contributed by atoms with E-state index in [1.165, 1.54) is 16.7 Å². The SMILES string of the molecule is Cc1ccc(COc2ccc3c(c2)OCC(c2cccc(C)c2)C3c2ccc(O)cc2)cc1. The molecule has 0 fully saturated rings. The van der Waals surface area contributed by atoms with Crippen molar-refractivity contribution in [3.8, 4) is 17.2 Å². The molecule has 5 rings (SSSR count). The third-order valence-electron chi connectivity index (χ3n) is 6.39. The summed E-state index contributed by atoms with van der Waals surface area (Å²) in [5.74, 6) is 2.24. The number of aromatic hydroxyl groups is 1. The normalized spacial score (nSPS) is 17.2. The van der Waals surface area contributed by atoms with E-state index in [-0.39, 0.29) is 17.6 Å². The van der Waals surface area contributed by atoms with Crippen molar-refractivity contribution in [1.29, 1.82) is 0 Å². The minimum atomic E-state index is 0.127. The van der Waals surface area contributed by atoms with Gasteiger partial charge in [-0.25, -0.2) is 0 Å². The zero-order valence-electron chi connectivity index (χ0n) is 19.0. The number of phenolic OH excluding ortho intramolecular Hbond substituents is 1. The van der Waals surface area contributed by atoms with Gasteiger partial charge in [0.1, 0.15) is 23.9 Å². The van der Waals surface area contributed by atoms with Crippen LogP contribution in [0.3, 0.4) is 0 Å². The number of rotatable bonds is 5. The molecule has 1 N–H and O–H groups in total. The van der Waals surface area contributed by atoms with Crippen LogP contribution >= 0.6 is 0 Å². The van der Waals surface area contributed by atoms with Gasteiger partial charge in [-0.1, -0.05) is 77.9 Å². The molecule has 2 unspecified atom stereocenters. The summed E-state index contributed by atoms with van der Waals surface area (Å²) in [5.41, 5.74) is 7.18. The van der Waals surface area contributed by atoms with Gasteiger partial charge in [-0.3, -0.25) is 0 Å². The minimum Gasteiger partial charge on any atom is -0.508 e. The first-order chi connectivity index (χ1) is 16.1. The van der Waals surface area contributed by atoms with E-state index >= 15 is 0 Å². The monoisotopic (exact) mass is 436 g/mol. The van der Waals surface area contributed by atoms with Gasteiger partial charge in [-0.15, -0.1) is 0 Å². The highest BCUT2D eigenvalue weighted by Crippen LogP contribution is 2.47. The first kappa shape index (κ1) is 21.1. The van der Waals surface area contributed by atoms with Gasteiger partial charge < -0.3 is 14.6 Å². The van der Waals surface area contributed by atoms with Gasteiger partial charge in [0.2, 0.25) is 0 Å². The number of hydrogen-bond donors (Lipinski definition) is 1. The van der Waals surface area contributed by atoms with Crippen LogP contribution in [0.1, 0.15) is 45.2 Å². The van der Waals surface area contributed by atoms with Crippen LogP contribution in [0.25, 0.3) is 0 Å². The summed E-state index contributed by atoms with van der Waals surface area (Å²) in [5, 5.41) is 9.83. The molecule has 3 heteroatoms. The number of fused-ring (bicyclic) bond motifs is 1.